The predicted molar refractivity (Wildman–Crippen MR) is 82.8 cm³/mol. The number of rotatable bonds is 4. The molecule has 0 radical (unpaired) electrons. The standard InChI is InChI=1S/C15H10Cl2F3NO3/c1-2-24-13-12(14(22)23)8(15(18,19)20)6-11(21-13)7-3-4-9(16)10(17)5-7/h3-6H,2H2,1H3,(H,22,23). The van der Waals surface area contributed by atoms with Crippen LogP contribution in [0.1, 0.15) is 22.8 Å². The zero-order chi connectivity index (χ0) is 18.1. The van der Waals surface area contributed by atoms with Crippen molar-refractivity contribution in [3.63, 3.8) is 0 Å². The molecule has 1 N–H and O–H groups in total. The third kappa shape index (κ3) is 3.73. The lowest BCUT2D eigenvalue weighted by Gasteiger charge is -2.16. The van der Waals surface area contributed by atoms with Crippen LogP contribution in [-0.4, -0.2) is 22.7 Å². The topological polar surface area (TPSA) is 59.4 Å². The fraction of sp³-hybridized carbons (Fsp3) is 0.200. The first-order valence-electron chi connectivity index (χ1n) is 6.59. The van der Waals surface area contributed by atoms with E-state index >= 15 is 0 Å². The number of ether oxygens (including phenoxy) is 1. The third-order valence-electron chi connectivity index (χ3n) is 3.00. The van der Waals surface area contributed by atoms with E-state index in [0.717, 1.165) is 0 Å². The van der Waals surface area contributed by atoms with E-state index < -0.39 is 29.2 Å². The highest BCUT2D eigenvalue weighted by Crippen LogP contribution is 2.38. The maximum atomic E-state index is 13.3. The number of hydrogen-bond acceptors (Lipinski definition) is 3. The largest absolute Gasteiger partial charge is 0.477 e. The maximum Gasteiger partial charge on any atom is 0.417 e. The van der Waals surface area contributed by atoms with Gasteiger partial charge in [-0.1, -0.05) is 29.3 Å². The van der Waals surface area contributed by atoms with Gasteiger partial charge in [-0.2, -0.15) is 13.2 Å². The Kier molecular flexibility index (Phi) is 5.25. The molecule has 0 amide bonds. The lowest BCUT2D eigenvalue weighted by molar-refractivity contribution is -0.138. The number of benzene rings is 1. The summed E-state index contributed by atoms with van der Waals surface area (Å²) in [5.74, 6) is -2.39. The molecular weight excluding hydrogens is 370 g/mol. The van der Waals surface area contributed by atoms with E-state index in [1.54, 1.807) is 0 Å². The summed E-state index contributed by atoms with van der Waals surface area (Å²) in [6.07, 6.45) is -4.90. The van der Waals surface area contributed by atoms with Gasteiger partial charge >= 0.3 is 12.1 Å². The summed E-state index contributed by atoms with van der Waals surface area (Å²) >= 11 is 11.7. The highest BCUT2D eigenvalue weighted by molar-refractivity contribution is 6.42. The lowest BCUT2D eigenvalue weighted by atomic mass is 10.0. The van der Waals surface area contributed by atoms with Gasteiger partial charge in [0.25, 0.3) is 0 Å². The number of pyridine rings is 1. The summed E-state index contributed by atoms with van der Waals surface area (Å²) in [4.78, 5) is 15.1. The summed E-state index contributed by atoms with van der Waals surface area (Å²) < 4.78 is 44.8. The zero-order valence-corrected chi connectivity index (χ0v) is 13.6. The molecule has 0 saturated heterocycles. The molecule has 128 valence electrons. The number of carbonyl (C=O) groups is 1. The van der Waals surface area contributed by atoms with Crippen LogP contribution < -0.4 is 4.74 Å². The van der Waals surface area contributed by atoms with Gasteiger partial charge in [0.2, 0.25) is 5.88 Å². The molecule has 1 aromatic heterocycles. The van der Waals surface area contributed by atoms with E-state index in [1.807, 2.05) is 0 Å². The average Bonchev–Trinajstić information content (AvgIpc) is 2.48. The molecule has 0 aliphatic heterocycles. The fourth-order valence-corrected chi connectivity index (χ4v) is 2.29. The molecule has 4 nitrogen and oxygen atoms in total. The highest BCUT2D eigenvalue weighted by Gasteiger charge is 2.38. The number of aromatic nitrogens is 1. The number of halogens is 5. The van der Waals surface area contributed by atoms with Gasteiger partial charge < -0.3 is 9.84 Å². The van der Waals surface area contributed by atoms with Crippen LogP contribution in [0.15, 0.2) is 24.3 Å². The molecule has 9 heteroatoms. The van der Waals surface area contributed by atoms with E-state index in [0.29, 0.717) is 6.07 Å². The SMILES string of the molecule is CCOc1nc(-c2ccc(Cl)c(Cl)c2)cc(C(F)(F)F)c1C(=O)O. The van der Waals surface area contributed by atoms with Gasteiger partial charge in [-0.15, -0.1) is 0 Å². The van der Waals surface area contributed by atoms with Crippen LogP contribution in [0.25, 0.3) is 11.3 Å². The second kappa shape index (κ2) is 6.86. The molecule has 0 atom stereocenters. The van der Waals surface area contributed by atoms with Gasteiger partial charge in [-0.3, -0.25) is 0 Å². The first-order valence-corrected chi connectivity index (χ1v) is 7.34. The Hall–Kier alpha value is -1.99. The van der Waals surface area contributed by atoms with Gasteiger partial charge in [0, 0.05) is 5.56 Å². The molecule has 24 heavy (non-hydrogen) atoms. The Labute approximate surface area is 144 Å². The summed E-state index contributed by atoms with van der Waals surface area (Å²) in [5.41, 5.74) is -2.27. The van der Waals surface area contributed by atoms with Crippen molar-refractivity contribution in [3.05, 3.63) is 45.4 Å². The van der Waals surface area contributed by atoms with Crippen LogP contribution in [0.3, 0.4) is 0 Å². The minimum Gasteiger partial charge on any atom is -0.477 e. The molecule has 0 unspecified atom stereocenters. The molecule has 1 heterocycles. The molecule has 0 aliphatic carbocycles. The Balaban J connectivity index is 2.76. The Morgan fingerprint density at radius 2 is 1.92 bits per heavy atom. The minimum atomic E-state index is -4.90. The summed E-state index contributed by atoms with van der Waals surface area (Å²) in [5, 5.41) is 9.47. The highest BCUT2D eigenvalue weighted by atomic mass is 35.5. The normalized spacial score (nSPS) is 11.4. The molecule has 0 fully saturated rings. The third-order valence-corrected chi connectivity index (χ3v) is 3.74. The van der Waals surface area contributed by atoms with Gasteiger partial charge in [-0.05, 0) is 25.1 Å². The number of hydrogen-bond donors (Lipinski definition) is 1. The smallest absolute Gasteiger partial charge is 0.417 e. The van der Waals surface area contributed by atoms with Crippen molar-refractivity contribution in [2.45, 2.75) is 13.1 Å². The van der Waals surface area contributed by atoms with Crippen LogP contribution in [0.5, 0.6) is 5.88 Å². The number of alkyl halides is 3. The molecule has 2 rings (SSSR count). The second-order valence-corrected chi connectivity index (χ2v) is 5.41. The molecule has 1 aromatic carbocycles. The molecule has 0 saturated carbocycles. The summed E-state index contributed by atoms with van der Waals surface area (Å²) in [7, 11) is 0. The first-order chi connectivity index (χ1) is 11.1. The molecule has 0 spiro atoms. The van der Waals surface area contributed by atoms with Gasteiger partial charge in [-0.25, -0.2) is 9.78 Å². The maximum absolute atomic E-state index is 13.3. The molecule has 0 aliphatic rings. The van der Waals surface area contributed by atoms with Crippen LogP contribution in [0.4, 0.5) is 13.2 Å². The Bertz CT molecular complexity index is 794. The number of carboxylic acid groups (broad SMARTS) is 1. The predicted octanol–water partition coefficient (Wildman–Crippen LogP) is 5.17. The molecular formula is C15H10Cl2F3NO3. The van der Waals surface area contributed by atoms with Crippen LogP contribution in [-0.2, 0) is 6.18 Å². The van der Waals surface area contributed by atoms with Crippen molar-refractivity contribution in [2.75, 3.05) is 6.61 Å². The van der Waals surface area contributed by atoms with E-state index in [-0.39, 0.29) is 27.9 Å². The quantitative estimate of drug-likeness (QED) is 0.795. The fourth-order valence-electron chi connectivity index (χ4n) is 2.00. The summed E-state index contributed by atoms with van der Waals surface area (Å²) in [6.45, 7) is 1.46. The minimum absolute atomic E-state index is 0.0462. The van der Waals surface area contributed by atoms with Crippen molar-refractivity contribution in [1.29, 1.82) is 0 Å². The average molecular weight is 380 g/mol. The van der Waals surface area contributed by atoms with Crippen molar-refractivity contribution in [2.24, 2.45) is 0 Å². The zero-order valence-electron chi connectivity index (χ0n) is 12.1. The van der Waals surface area contributed by atoms with E-state index in [4.69, 9.17) is 33.0 Å². The van der Waals surface area contributed by atoms with Crippen LogP contribution in [0.2, 0.25) is 10.0 Å². The van der Waals surface area contributed by atoms with Crippen molar-refractivity contribution >= 4 is 29.2 Å². The van der Waals surface area contributed by atoms with Gasteiger partial charge in [0.1, 0.15) is 5.56 Å². The van der Waals surface area contributed by atoms with Crippen LogP contribution in [0, 0.1) is 0 Å². The molecule has 0 bridgehead atoms. The first kappa shape index (κ1) is 18.4. The summed E-state index contributed by atoms with van der Waals surface area (Å²) in [6, 6.07) is 4.81. The number of nitrogens with zero attached hydrogens (tertiary/aromatic N) is 1. The van der Waals surface area contributed by atoms with E-state index in [9.17, 15) is 18.0 Å². The number of carboxylic acids is 1. The van der Waals surface area contributed by atoms with Crippen molar-refractivity contribution in [3.8, 4) is 17.1 Å². The van der Waals surface area contributed by atoms with Crippen molar-refractivity contribution < 1.29 is 27.8 Å². The van der Waals surface area contributed by atoms with Crippen molar-refractivity contribution in [1.82, 2.24) is 4.98 Å². The lowest BCUT2D eigenvalue weighted by Crippen LogP contribution is -2.16. The Morgan fingerprint density at radius 3 is 2.42 bits per heavy atom. The number of aromatic carboxylic acids is 1. The Morgan fingerprint density at radius 1 is 1.25 bits per heavy atom. The van der Waals surface area contributed by atoms with Gasteiger partial charge in [0.05, 0.1) is 27.9 Å². The monoisotopic (exact) mass is 379 g/mol. The van der Waals surface area contributed by atoms with Crippen LogP contribution >= 0.6 is 23.2 Å². The van der Waals surface area contributed by atoms with Gasteiger partial charge in [0.15, 0.2) is 0 Å². The van der Waals surface area contributed by atoms with E-state index in [1.165, 1.54) is 25.1 Å². The second-order valence-electron chi connectivity index (χ2n) is 4.60. The van der Waals surface area contributed by atoms with E-state index in [2.05, 4.69) is 4.98 Å². The molecule has 2 aromatic rings.